The average Bonchev–Trinajstić information content (AvgIpc) is 2.63. The Morgan fingerprint density at radius 2 is 1.96 bits per heavy atom. The summed E-state index contributed by atoms with van der Waals surface area (Å²) in [7, 11) is 0. The highest BCUT2D eigenvalue weighted by Gasteiger charge is 2.23. The molecule has 24 heavy (non-hydrogen) atoms. The number of nitrogens with zero attached hydrogens (tertiary/aromatic N) is 2. The zero-order valence-electron chi connectivity index (χ0n) is 13.8. The van der Waals surface area contributed by atoms with Crippen LogP contribution in [0.4, 0.5) is 10.5 Å². The van der Waals surface area contributed by atoms with Gasteiger partial charge in [0, 0.05) is 31.0 Å². The predicted molar refractivity (Wildman–Crippen MR) is 95.7 cm³/mol. The van der Waals surface area contributed by atoms with Crippen molar-refractivity contribution >= 4 is 11.7 Å². The number of piperidine rings is 1. The molecular formula is C19H24N4O. The number of urea groups is 1. The third kappa shape index (κ3) is 4.80. The lowest BCUT2D eigenvalue weighted by Gasteiger charge is -2.35. The van der Waals surface area contributed by atoms with Gasteiger partial charge < -0.3 is 10.6 Å². The van der Waals surface area contributed by atoms with Crippen molar-refractivity contribution in [3.8, 4) is 0 Å². The molecule has 0 bridgehead atoms. The summed E-state index contributed by atoms with van der Waals surface area (Å²) in [6, 6.07) is 15.7. The number of hydrogen-bond donors (Lipinski definition) is 2. The van der Waals surface area contributed by atoms with Crippen LogP contribution in [0.1, 0.15) is 25.0 Å². The third-order valence-corrected chi connectivity index (χ3v) is 4.37. The van der Waals surface area contributed by atoms with E-state index in [1.54, 1.807) is 0 Å². The minimum absolute atomic E-state index is 0.149. The van der Waals surface area contributed by atoms with Gasteiger partial charge in [0.1, 0.15) is 0 Å². The number of benzene rings is 1. The standard InChI is InChI=1S/C19H24N4O/c24-19(22-16-8-2-1-3-9-16)21-14-18-11-5-7-13-23(18)15-17-10-4-6-12-20-17/h1-4,6,8-10,12,18H,5,7,11,13-15H2,(H2,21,22,24)/t18-/m1/s1. The molecule has 126 valence electrons. The van der Waals surface area contributed by atoms with Gasteiger partial charge >= 0.3 is 6.03 Å². The molecular weight excluding hydrogens is 300 g/mol. The van der Waals surface area contributed by atoms with Gasteiger partial charge in [-0.3, -0.25) is 9.88 Å². The second-order valence-corrected chi connectivity index (χ2v) is 6.14. The van der Waals surface area contributed by atoms with Crippen LogP contribution in [-0.2, 0) is 6.54 Å². The van der Waals surface area contributed by atoms with Gasteiger partial charge in [-0.1, -0.05) is 30.7 Å². The summed E-state index contributed by atoms with van der Waals surface area (Å²) in [5, 5.41) is 5.87. The van der Waals surface area contributed by atoms with Crippen LogP contribution in [0.3, 0.4) is 0 Å². The first kappa shape index (κ1) is 16.5. The van der Waals surface area contributed by atoms with Gasteiger partial charge in [-0.15, -0.1) is 0 Å². The molecule has 1 aliphatic rings. The summed E-state index contributed by atoms with van der Waals surface area (Å²) in [6.07, 6.45) is 5.36. The van der Waals surface area contributed by atoms with Crippen molar-refractivity contribution in [1.29, 1.82) is 0 Å². The van der Waals surface area contributed by atoms with Crippen LogP contribution in [-0.4, -0.2) is 35.0 Å². The van der Waals surface area contributed by atoms with Crippen molar-refractivity contribution in [2.75, 3.05) is 18.4 Å². The van der Waals surface area contributed by atoms with E-state index in [0.29, 0.717) is 12.6 Å². The molecule has 1 aromatic heterocycles. The Balaban J connectivity index is 1.51. The fourth-order valence-electron chi connectivity index (χ4n) is 3.11. The van der Waals surface area contributed by atoms with E-state index in [1.807, 2.05) is 48.7 Å². The molecule has 1 aliphatic heterocycles. The molecule has 5 heteroatoms. The number of carbonyl (C=O) groups excluding carboxylic acids is 1. The zero-order valence-corrected chi connectivity index (χ0v) is 13.8. The van der Waals surface area contributed by atoms with Crippen LogP contribution < -0.4 is 10.6 Å². The van der Waals surface area contributed by atoms with Crippen LogP contribution in [0.25, 0.3) is 0 Å². The topological polar surface area (TPSA) is 57.3 Å². The molecule has 1 saturated heterocycles. The Hall–Kier alpha value is -2.40. The minimum Gasteiger partial charge on any atom is -0.336 e. The maximum atomic E-state index is 12.1. The molecule has 0 saturated carbocycles. The Kier molecular flexibility index (Phi) is 5.80. The van der Waals surface area contributed by atoms with Crippen molar-refractivity contribution in [1.82, 2.24) is 15.2 Å². The molecule has 0 spiro atoms. The van der Waals surface area contributed by atoms with Crippen molar-refractivity contribution in [2.45, 2.75) is 31.8 Å². The largest absolute Gasteiger partial charge is 0.336 e. The summed E-state index contributed by atoms with van der Waals surface area (Å²) < 4.78 is 0. The second kappa shape index (κ2) is 8.45. The summed E-state index contributed by atoms with van der Waals surface area (Å²) in [6.45, 7) is 2.56. The van der Waals surface area contributed by atoms with Crippen molar-refractivity contribution in [3.05, 3.63) is 60.4 Å². The molecule has 2 aromatic rings. The van der Waals surface area contributed by atoms with E-state index < -0.39 is 0 Å². The molecule has 0 unspecified atom stereocenters. The number of para-hydroxylation sites is 1. The van der Waals surface area contributed by atoms with Gasteiger partial charge in [0.25, 0.3) is 0 Å². The fourth-order valence-corrected chi connectivity index (χ4v) is 3.11. The Morgan fingerprint density at radius 3 is 2.75 bits per heavy atom. The maximum absolute atomic E-state index is 12.1. The van der Waals surface area contributed by atoms with E-state index in [0.717, 1.165) is 30.9 Å². The number of anilines is 1. The van der Waals surface area contributed by atoms with E-state index in [4.69, 9.17) is 0 Å². The van der Waals surface area contributed by atoms with Crippen LogP contribution in [0.15, 0.2) is 54.7 Å². The number of aromatic nitrogens is 1. The fraction of sp³-hybridized carbons (Fsp3) is 0.368. The monoisotopic (exact) mass is 324 g/mol. The van der Waals surface area contributed by atoms with Crippen LogP contribution in [0.2, 0.25) is 0 Å². The number of nitrogens with one attached hydrogen (secondary N) is 2. The highest BCUT2D eigenvalue weighted by molar-refractivity contribution is 5.89. The zero-order chi connectivity index (χ0) is 16.6. The van der Waals surface area contributed by atoms with Crippen molar-refractivity contribution in [3.63, 3.8) is 0 Å². The normalized spacial score (nSPS) is 18.1. The Morgan fingerprint density at radius 1 is 1.12 bits per heavy atom. The third-order valence-electron chi connectivity index (χ3n) is 4.37. The highest BCUT2D eigenvalue weighted by Crippen LogP contribution is 2.18. The molecule has 0 radical (unpaired) electrons. The molecule has 3 rings (SSSR count). The number of rotatable bonds is 5. The van der Waals surface area contributed by atoms with E-state index in [1.165, 1.54) is 12.8 Å². The van der Waals surface area contributed by atoms with E-state index in [2.05, 4.69) is 26.6 Å². The van der Waals surface area contributed by atoms with Crippen molar-refractivity contribution < 1.29 is 4.79 Å². The first-order valence-electron chi connectivity index (χ1n) is 8.55. The molecule has 5 nitrogen and oxygen atoms in total. The van der Waals surface area contributed by atoms with Crippen molar-refractivity contribution in [2.24, 2.45) is 0 Å². The van der Waals surface area contributed by atoms with E-state index in [9.17, 15) is 4.79 Å². The number of carbonyl (C=O) groups is 1. The lowest BCUT2D eigenvalue weighted by molar-refractivity contribution is 0.137. The SMILES string of the molecule is O=C(NC[C@H]1CCCCN1Cc1ccccn1)Nc1ccccc1. The number of pyridine rings is 1. The van der Waals surface area contributed by atoms with Gasteiger partial charge in [0.15, 0.2) is 0 Å². The van der Waals surface area contributed by atoms with Gasteiger partial charge in [-0.25, -0.2) is 4.79 Å². The smallest absolute Gasteiger partial charge is 0.319 e. The Bertz CT molecular complexity index is 632. The maximum Gasteiger partial charge on any atom is 0.319 e. The van der Waals surface area contributed by atoms with Gasteiger partial charge in [0.2, 0.25) is 0 Å². The number of likely N-dealkylation sites (tertiary alicyclic amines) is 1. The molecule has 1 atom stereocenters. The highest BCUT2D eigenvalue weighted by atomic mass is 16.2. The van der Waals surface area contributed by atoms with Gasteiger partial charge in [0.05, 0.1) is 5.69 Å². The summed E-state index contributed by atoms with van der Waals surface area (Å²) >= 11 is 0. The summed E-state index contributed by atoms with van der Waals surface area (Å²) in [4.78, 5) is 18.9. The molecule has 2 N–H and O–H groups in total. The Labute approximate surface area is 143 Å². The van der Waals surface area contributed by atoms with Gasteiger partial charge in [-0.2, -0.15) is 0 Å². The van der Waals surface area contributed by atoms with E-state index >= 15 is 0 Å². The van der Waals surface area contributed by atoms with Crippen LogP contribution in [0, 0.1) is 0 Å². The number of hydrogen-bond acceptors (Lipinski definition) is 3. The van der Waals surface area contributed by atoms with Gasteiger partial charge in [-0.05, 0) is 43.7 Å². The lowest BCUT2D eigenvalue weighted by Crippen LogP contribution is -2.47. The molecule has 2 amide bonds. The molecule has 1 aromatic carbocycles. The van der Waals surface area contributed by atoms with Crippen LogP contribution >= 0.6 is 0 Å². The predicted octanol–water partition coefficient (Wildman–Crippen LogP) is 3.26. The van der Waals surface area contributed by atoms with Crippen LogP contribution in [0.5, 0.6) is 0 Å². The van der Waals surface area contributed by atoms with E-state index in [-0.39, 0.29) is 6.03 Å². The first-order valence-corrected chi connectivity index (χ1v) is 8.55. The molecule has 1 fully saturated rings. The number of amides is 2. The quantitative estimate of drug-likeness (QED) is 0.887. The molecule has 2 heterocycles. The summed E-state index contributed by atoms with van der Waals surface area (Å²) in [5.74, 6) is 0. The molecule has 0 aliphatic carbocycles. The first-order chi connectivity index (χ1) is 11.8. The minimum atomic E-state index is -0.149. The second-order valence-electron chi connectivity index (χ2n) is 6.14. The average molecular weight is 324 g/mol. The summed E-state index contributed by atoms with van der Waals surface area (Å²) in [5.41, 5.74) is 1.89. The lowest BCUT2D eigenvalue weighted by atomic mass is 10.0.